The van der Waals surface area contributed by atoms with Crippen molar-refractivity contribution in [1.29, 1.82) is 0 Å². The van der Waals surface area contributed by atoms with Crippen molar-refractivity contribution in [2.24, 2.45) is 5.92 Å². The number of hydrogen-bond donors (Lipinski definition) is 0. The van der Waals surface area contributed by atoms with Crippen LogP contribution < -0.4 is 13.8 Å². The molecule has 0 saturated carbocycles. The molecule has 1 aliphatic rings. The van der Waals surface area contributed by atoms with E-state index >= 15 is 0 Å². The number of allylic oxidation sites excluding steroid dienone is 1. The van der Waals surface area contributed by atoms with Gasteiger partial charge in [0.1, 0.15) is 30.0 Å². The molecule has 4 aromatic rings. The Kier molecular flexibility index (Phi) is 11.0. The maximum Gasteiger partial charge on any atom is 0.534 e. The number of β-lactam (4-membered cyclic amide) rings is 1. The van der Waals surface area contributed by atoms with Gasteiger partial charge >= 0.3 is 21.6 Å². The van der Waals surface area contributed by atoms with E-state index in [1.54, 1.807) is 6.08 Å². The van der Waals surface area contributed by atoms with E-state index in [2.05, 4.69) is 10.8 Å². The summed E-state index contributed by atoms with van der Waals surface area (Å²) in [6.45, 7) is 5.28. The van der Waals surface area contributed by atoms with Gasteiger partial charge in [-0.1, -0.05) is 60.7 Å². The minimum atomic E-state index is -5.90. The molecular formula is C37H33F4NO7S. The topological polar surface area (TPSA) is 99.2 Å². The summed E-state index contributed by atoms with van der Waals surface area (Å²) < 4.78 is 91.6. The Bertz CT molecular complexity index is 1930. The number of hydrogen-bond acceptors (Lipinski definition) is 7. The zero-order valence-electron chi connectivity index (χ0n) is 26.8. The van der Waals surface area contributed by atoms with Crippen LogP contribution >= 0.6 is 0 Å². The van der Waals surface area contributed by atoms with Gasteiger partial charge in [-0.05, 0) is 78.4 Å². The number of nitrogens with zero attached hydrogens (tertiary/aromatic N) is 1. The van der Waals surface area contributed by atoms with Crippen molar-refractivity contribution in [3.8, 4) is 11.5 Å². The molecule has 0 aliphatic carbocycles. The standard InChI is InChI=1S/C37H33F4NO7S/c1-3-7-25-10-19-31(34(22-25)47-23-26-8-5-4-6-9-26)35-32(20-21-33(48-24(2)43)27-11-13-28(38)14-12-27)36(44)42(35)29-15-17-30(18-16-29)49-50(45,46)37(39,40)41/h3-6,8-19,22,32-33,35H,1,7,20-21,23H2,2H3/t32-,33+,35-/m1/s1. The molecule has 0 unspecified atom stereocenters. The fourth-order valence-electron chi connectivity index (χ4n) is 5.79. The monoisotopic (exact) mass is 711 g/mol. The van der Waals surface area contributed by atoms with E-state index in [0.29, 0.717) is 23.3 Å². The highest BCUT2D eigenvalue weighted by Crippen LogP contribution is 2.49. The normalized spacial score (nSPS) is 16.7. The maximum absolute atomic E-state index is 13.9. The molecule has 5 rings (SSSR count). The van der Waals surface area contributed by atoms with Crippen LogP contribution in [0.1, 0.15) is 54.2 Å². The van der Waals surface area contributed by atoms with Gasteiger partial charge in [0.05, 0.1) is 12.0 Å². The fraction of sp³-hybridized carbons (Fsp3) is 0.243. The number of benzene rings is 4. The van der Waals surface area contributed by atoms with Gasteiger partial charge in [-0.15, -0.1) is 6.58 Å². The average Bonchev–Trinajstić information content (AvgIpc) is 3.07. The lowest BCUT2D eigenvalue weighted by molar-refractivity contribution is -0.147. The first-order chi connectivity index (χ1) is 23.8. The summed E-state index contributed by atoms with van der Waals surface area (Å²) in [5.41, 5.74) is -2.36. The third-order valence-corrected chi connectivity index (χ3v) is 9.10. The molecule has 13 heteroatoms. The second-order valence-electron chi connectivity index (χ2n) is 11.6. The molecule has 3 atom stereocenters. The highest BCUT2D eigenvalue weighted by Gasteiger charge is 2.50. The molecule has 0 spiro atoms. The Balaban J connectivity index is 1.50. The Morgan fingerprint density at radius 2 is 1.64 bits per heavy atom. The molecule has 50 heavy (non-hydrogen) atoms. The van der Waals surface area contributed by atoms with Crippen LogP contribution in [0.4, 0.5) is 23.2 Å². The molecule has 1 aliphatic heterocycles. The minimum absolute atomic E-state index is 0.211. The van der Waals surface area contributed by atoms with E-state index in [4.69, 9.17) is 9.47 Å². The van der Waals surface area contributed by atoms with E-state index in [0.717, 1.165) is 23.3 Å². The van der Waals surface area contributed by atoms with Crippen molar-refractivity contribution in [2.45, 2.75) is 50.4 Å². The number of halogens is 4. The number of carbonyl (C=O) groups is 2. The quantitative estimate of drug-likeness (QED) is 0.0325. The van der Waals surface area contributed by atoms with Crippen molar-refractivity contribution in [1.82, 2.24) is 0 Å². The second-order valence-corrected chi connectivity index (χ2v) is 13.1. The summed E-state index contributed by atoms with van der Waals surface area (Å²) in [6, 6.07) is 24.5. The van der Waals surface area contributed by atoms with E-state index in [-0.39, 0.29) is 31.0 Å². The zero-order chi connectivity index (χ0) is 36.1. The highest BCUT2D eigenvalue weighted by atomic mass is 32.2. The van der Waals surface area contributed by atoms with E-state index in [9.17, 15) is 35.6 Å². The summed E-state index contributed by atoms with van der Waals surface area (Å²) in [4.78, 5) is 27.3. The molecule has 0 aromatic heterocycles. The van der Waals surface area contributed by atoms with Crippen molar-refractivity contribution >= 4 is 27.7 Å². The second kappa shape index (κ2) is 15.2. The maximum atomic E-state index is 13.9. The Labute approximate surface area is 287 Å². The van der Waals surface area contributed by atoms with Crippen molar-refractivity contribution in [3.05, 3.63) is 138 Å². The first kappa shape index (κ1) is 36.1. The number of ether oxygens (including phenoxy) is 2. The first-order valence-corrected chi connectivity index (χ1v) is 16.9. The van der Waals surface area contributed by atoms with Crippen LogP contribution in [-0.2, 0) is 37.5 Å². The lowest BCUT2D eigenvalue weighted by atomic mass is 9.77. The van der Waals surface area contributed by atoms with Gasteiger partial charge in [-0.2, -0.15) is 21.6 Å². The minimum Gasteiger partial charge on any atom is -0.489 e. The van der Waals surface area contributed by atoms with Crippen LogP contribution in [0.3, 0.4) is 0 Å². The van der Waals surface area contributed by atoms with Gasteiger partial charge in [0.25, 0.3) is 0 Å². The molecule has 8 nitrogen and oxygen atoms in total. The Hall–Kier alpha value is -5.17. The number of amides is 1. The molecular weight excluding hydrogens is 678 g/mol. The summed E-state index contributed by atoms with van der Waals surface area (Å²) in [5.74, 6) is -2.11. The molecule has 1 saturated heterocycles. The van der Waals surface area contributed by atoms with Gasteiger partial charge in [-0.3, -0.25) is 9.59 Å². The average molecular weight is 712 g/mol. The van der Waals surface area contributed by atoms with Crippen LogP contribution in [-0.4, -0.2) is 25.8 Å². The molecule has 4 aromatic carbocycles. The van der Waals surface area contributed by atoms with Crippen LogP contribution in [0, 0.1) is 11.7 Å². The molecule has 0 bridgehead atoms. The van der Waals surface area contributed by atoms with Gasteiger partial charge in [0, 0.05) is 18.2 Å². The molecule has 1 amide bonds. The van der Waals surface area contributed by atoms with Crippen molar-refractivity contribution in [2.75, 3.05) is 4.90 Å². The van der Waals surface area contributed by atoms with Crippen LogP contribution in [0.15, 0.2) is 110 Å². The van der Waals surface area contributed by atoms with Gasteiger partial charge < -0.3 is 18.6 Å². The molecule has 1 heterocycles. The van der Waals surface area contributed by atoms with E-state index in [1.807, 2.05) is 48.5 Å². The van der Waals surface area contributed by atoms with Gasteiger partial charge in [-0.25, -0.2) is 4.39 Å². The number of rotatable bonds is 14. The summed E-state index contributed by atoms with van der Waals surface area (Å²) in [7, 11) is -5.90. The number of esters is 1. The zero-order valence-corrected chi connectivity index (χ0v) is 27.6. The Morgan fingerprint density at radius 1 is 0.960 bits per heavy atom. The van der Waals surface area contributed by atoms with Crippen molar-refractivity contribution in [3.63, 3.8) is 0 Å². The largest absolute Gasteiger partial charge is 0.534 e. The SMILES string of the molecule is C=CCc1ccc([C@@H]2[C@@H](CC[C@H](OC(C)=O)c3ccc(F)cc3)C(=O)N2c2ccc(OS(=O)(=O)C(F)(F)F)cc2)c(OCc2ccccc2)c1. The highest BCUT2D eigenvalue weighted by molar-refractivity contribution is 7.88. The fourth-order valence-corrected chi connectivity index (χ4v) is 6.25. The van der Waals surface area contributed by atoms with Crippen LogP contribution in [0.5, 0.6) is 11.5 Å². The molecule has 0 radical (unpaired) electrons. The van der Waals surface area contributed by atoms with Crippen molar-refractivity contribution < 1.29 is 49.2 Å². The lowest BCUT2D eigenvalue weighted by Crippen LogP contribution is -2.55. The van der Waals surface area contributed by atoms with Gasteiger partial charge in [0.15, 0.2) is 0 Å². The number of alkyl halides is 3. The van der Waals surface area contributed by atoms with Gasteiger partial charge in [0.2, 0.25) is 5.91 Å². The summed E-state index contributed by atoms with van der Waals surface area (Å²) in [5, 5.41) is 0. The third kappa shape index (κ3) is 8.33. The lowest BCUT2D eigenvalue weighted by Gasteiger charge is -2.48. The Morgan fingerprint density at radius 3 is 2.26 bits per heavy atom. The smallest absolute Gasteiger partial charge is 0.489 e. The third-order valence-electron chi connectivity index (χ3n) is 8.12. The molecule has 1 fully saturated rings. The number of anilines is 1. The summed E-state index contributed by atoms with van der Waals surface area (Å²) >= 11 is 0. The number of carbonyl (C=O) groups excluding carboxylic acids is 2. The summed E-state index contributed by atoms with van der Waals surface area (Å²) in [6.07, 6.45) is 1.95. The molecule has 262 valence electrons. The van der Waals surface area contributed by atoms with E-state index < -0.39 is 51.2 Å². The van der Waals surface area contributed by atoms with E-state index in [1.165, 1.54) is 48.2 Å². The van der Waals surface area contributed by atoms with Crippen LogP contribution in [0.2, 0.25) is 0 Å². The predicted octanol–water partition coefficient (Wildman–Crippen LogP) is 8.15. The predicted molar refractivity (Wildman–Crippen MR) is 177 cm³/mol. The first-order valence-electron chi connectivity index (χ1n) is 15.5. The molecule has 0 N–H and O–H groups in total. The van der Waals surface area contributed by atoms with Crippen LogP contribution in [0.25, 0.3) is 0 Å².